The quantitative estimate of drug-likeness (QED) is 0.477. The first-order valence-corrected chi connectivity index (χ1v) is 9.49. The summed E-state index contributed by atoms with van der Waals surface area (Å²) in [5.74, 6) is 0.560. The minimum absolute atomic E-state index is 0.0454. The molecule has 0 saturated carbocycles. The van der Waals surface area contributed by atoms with Crippen LogP contribution in [0.4, 0.5) is 0 Å². The number of aromatic amines is 1. The van der Waals surface area contributed by atoms with Gasteiger partial charge in [0.25, 0.3) is 0 Å². The van der Waals surface area contributed by atoms with E-state index in [1.807, 2.05) is 36.7 Å². The van der Waals surface area contributed by atoms with Crippen molar-refractivity contribution in [2.24, 2.45) is 0 Å². The van der Waals surface area contributed by atoms with E-state index >= 15 is 0 Å². The predicted octanol–water partition coefficient (Wildman–Crippen LogP) is 3.99. The van der Waals surface area contributed by atoms with Crippen molar-refractivity contribution >= 4 is 27.0 Å². The number of benzene rings is 1. The highest BCUT2D eigenvalue weighted by molar-refractivity contribution is 9.10. The third kappa shape index (κ3) is 3.68. The molecule has 9 heteroatoms. The van der Waals surface area contributed by atoms with Gasteiger partial charge in [-0.25, -0.2) is 9.97 Å². The van der Waals surface area contributed by atoms with Gasteiger partial charge in [0.15, 0.2) is 6.61 Å². The van der Waals surface area contributed by atoms with E-state index in [9.17, 15) is 5.26 Å². The molecule has 0 aliphatic carbocycles. The van der Waals surface area contributed by atoms with Crippen molar-refractivity contribution in [3.8, 4) is 29.1 Å². The summed E-state index contributed by atoms with van der Waals surface area (Å²) < 4.78 is 7.99. The van der Waals surface area contributed by atoms with Crippen LogP contribution in [0.1, 0.15) is 18.0 Å². The molecular weight excluding hydrogens is 434 g/mol. The molecule has 3 heterocycles. The summed E-state index contributed by atoms with van der Waals surface area (Å²) in [7, 11) is 0. The minimum Gasteiger partial charge on any atom is -0.479 e. The highest BCUT2D eigenvalue weighted by atomic mass is 79.9. The molecule has 1 atom stereocenters. The Hall–Kier alpha value is -3.69. The number of nitrogens with zero attached hydrogens (tertiary/aromatic N) is 6. The lowest BCUT2D eigenvalue weighted by Crippen LogP contribution is -2.11. The molecule has 0 amide bonds. The molecule has 0 bridgehead atoms. The lowest BCUT2D eigenvalue weighted by molar-refractivity contribution is 0.366. The van der Waals surface area contributed by atoms with E-state index < -0.39 is 0 Å². The average molecular weight is 448 g/mol. The summed E-state index contributed by atoms with van der Waals surface area (Å²) in [6.45, 7) is -0.0454. The van der Waals surface area contributed by atoms with Crippen LogP contribution in [0.5, 0.6) is 5.75 Å². The molecule has 29 heavy (non-hydrogen) atoms. The first-order chi connectivity index (χ1) is 14.2. The third-order valence-corrected chi connectivity index (χ3v) is 5.18. The number of nitrogens with one attached hydrogen (secondary N) is 1. The van der Waals surface area contributed by atoms with Crippen molar-refractivity contribution in [3.63, 3.8) is 0 Å². The Morgan fingerprint density at radius 1 is 1.21 bits per heavy atom. The number of hydrogen-bond acceptors (Lipinski definition) is 6. The molecule has 0 aliphatic heterocycles. The fraction of sp³-hybridized carbons (Fsp3) is 0.150. The molecule has 0 spiro atoms. The van der Waals surface area contributed by atoms with Gasteiger partial charge >= 0.3 is 0 Å². The van der Waals surface area contributed by atoms with Gasteiger partial charge in [-0.15, -0.1) is 0 Å². The topological polar surface area (TPSA) is 116 Å². The minimum atomic E-state index is -0.336. The van der Waals surface area contributed by atoms with Gasteiger partial charge in [-0.1, -0.05) is 15.9 Å². The van der Waals surface area contributed by atoms with Gasteiger partial charge in [0.05, 0.1) is 30.4 Å². The zero-order chi connectivity index (χ0) is 20.2. The van der Waals surface area contributed by atoms with Crippen molar-refractivity contribution in [1.29, 1.82) is 10.5 Å². The Morgan fingerprint density at radius 3 is 2.93 bits per heavy atom. The van der Waals surface area contributed by atoms with Gasteiger partial charge < -0.3 is 9.72 Å². The summed E-state index contributed by atoms with van der Waals surface area (Å²) >= 11 is 3.55. The van der Waals surface area contributed by atoms with E-state index in [2.05, 4.69) is 42.0 Å². The van der Waals surface area contributed by atoms with Crippen LogP contribution in [0.3, 0.4) is 0 Å². The molecule has 1 aromatic carbocycles. The number of rotatable bonds is 6. The van der Waals surface area contributed by atoms with E-state index in [1.165, 1.54) is 6.33 Å². The number of aromatic nitrogens is 5. The van der Waals surface area contributed by atoms with Gasteiger partial charge in [0.2, 0.25) is 0 Å². The first kappa shape index (κ1) is 18.7. The number of nitriles is 2. The number of halogens is 1. The standard InChI is InChI=1S/C20H14BrN7O/c21-17-2-1-14(29-8-6-23)9-16(17)18(3-5-22)28-11-13(10-27-28)19-15-4-7-24-20(15)26-12-25-19/h1-2,4,7,9-12,18H,3,8H2,(H,24,25,26). The van der Waals surface area contributed by atoms with E-state index in [1.54, 1.807) is 16.9 Å². The van der Waals surface area contributed by atoms with E-state index in [-0.39, 0.29) is 19.1 Å². The highest BCUT2D eigenvalue weighted by Crippen LogP contribution is 2.33. The second-order valence-corrected chi connectivity index (χ2v) is 7.03. The van der Waals surface area contributed by atoms with Crippen LogP contribution >= 0.6 is 15.9 Å². The molecule has 0 radical (unpaired) electrons. The van der Waals surface area contributed by atoms with Gasteiger partial charge in [0, 0.05) is 27.8 Å². The van der Waals surface area contributed by atoms with Crippen molar-refractivity contribution < 1.29 is 4.74 Å². The number of fused-ring (bicyclic) bond motifs is 1. The smallest absolute Gasteiger partial charge is 0.174 e. The third-order valence-electron chi connectivity index (χ3n) is 4.46. The number of H-pyrrole nitrogens is 1. The predicted molar refractivity (Wildman–Crippen MR) is 109 cm³/mol. The maximum absolute atomic E-state index is 9.39. The van der Waals surface area contributed by atoms with Crippen molar-refractivity contribution in [2.75, 3.05) is 6.61 Å². The van der Waals surface area contributed by atoms with Crippen LogP contribution < -0.4 is 4.74 Å². The molecule has 0 fully saturated rings. The second-order valence-electron chi connectivity index (χ2n) is 6.18. The zero-order valence-corrected chi connectivity index (χ0v) is 16.7. The summed E-state index contributed by atoms with van der Waals surface area (Å²) in [5.41, 5.74) is 3.18. The Balaban J connectivity index is 1.74. The summed E-state index contributed by atoms with van der Waals surface area (Å²) in [5, 5.41) is 23.5. The maximum Gasteiger partial charge on any atom is 0.174 e. The Morgan fingerprint density at radius 2 is 2.10 bits per heavy atom. The Kier molecular flexibility index (Phi) is 5.23. The van der Waals surface area contributed by atoms with Crippen LogP contribution in [0.2, 0.25) is 0 Å². The van der Waals surface area contributed by atoms with Gasteiger partial charge in [-0.2, -0.15) is 15.6 Å². The lowest BCUT2D eigenvalue weighted by Gasteiger charge is -2.17. The molecule has 1 N–H and O–H groups in total. The van der Waals surface area contributed by atoms with Crippen LogP contribution in [-0.2, 0) is 0 Å². The van der Waals surface area contributed by atoms with Crippen LogP contribution in [0, 0.1) is 22.7 Å². The van der Waals surface area contributed by atoms with Crippen molar-refractivity contribution in [2.45, 2.75) is 12.5 Å². The fourth-order valence-corrected chi connectivity index (χ4v) is 3.66. The molecule has 1 unspecified atom stereocenters. The average Bonchev–Trinajstić information content (AvgIpc) is 3.41. The van der Waals surface area contributed by atoms with Gasteiger partial charge in [0.1, 0.15) is 23.8 Å². The molecular formula is C20H14BrN7O. The van der Waals surface area contributed by atoms with Crippen LogP contribution in [-0.4, -0.2) is 31.3 Å². The summed E-state index contributed by atoms with van der Waals surface area (Å²) in [6.07, 6.45) is 7.13. The van der Waals surface area contributed by atoms with Crippen molar-refractivity contribution in [1.82, 2.24) is 24.7 Å². The molecule has 0 aliphatic rings. The van der Waals surface area contributed by atoms with Crippen LogP contribution in [0.25, 0.3) is 22.3 Å². The van der Waals surface area contributed by atoms with Crippen molar-refractivity contribution in [3.05, 3.63) is 59.2 Å². The Labute approximate surface area is 174 Å². The highest BCUT2D eigenvalue weighted by Gasteiger charge is 2.20. The molecule has 0 saturated heterocycles. The number of hydrogen-bond donors (Lipinski definition) is 1. The number of ether oxygens (including phenoxy) is 1. The second kappa shape index (κ2) is 8.13. The summed E-state index contributed by atoms with van der Waals surface area (Å²) in [4.78, 5) is 11.7. The molecule has 8 nitrogen and oxygen atoms in total. The fourth-order valence-electron chi connectivity index (χ4n) is 3.15. The largest absolute Gasteiger partial charge is 0.479 e. The van der Waals surface area contributed by atoms with E-state index in [0.717, 1.165) is 32.3 Å². The van der Waals surface area contributed by atoms with Gasteiger partial charge in [-0.05, 0) is 29.8 Å². The molecule has 4 rings (SSSR count). The molecule has 142 valence electrons. The molecule has 4 aromatic rings. The monoisotopic (exact) mass is 447 g/mol. The molecule has 3 aromatic heterocycles. The summed E-state index contributed by atoms with van der Waals surface area (Å²) in [6, 6.07) is 11.2. The maximum atomic E-state index is 9.39. The SMILES string of the molecule is N#CCOc1ccc(Br)c(C(CC#N)n2cc(-c3ncnc4[nH]ccc34)cn2)c1. The zero-order valence-electron chi connectivity index (χ0n) is 15.1. The normalized spacial score (nSPS) is 11.7. The first-order valence-electron chi connectivity index (χ1n) is 8.70. The van der Waals surface area contributed by atoms with Crippen LogP contribution in [0.15, 0.2) is 53.7 Å². The van der Waals surface area contributed by atoms with E-state index in [0.29, 0.717) is 5.75 Å². The lowest BCUT2D eigenvalue weighted by atomic mass is 10.0. The Bertz CT molecular complexity index is 1250. The van der Waals surface area contributed by atoms with E-state index in [4.69, 9.17) is 10.00 Å². The van der Waals surface area contributed by atoms with Gasteiger partial charge in [-0.3, -0.25) is 4.68 Å².